The first kappa shape index (κ1) is 23.7. The van der Waals surface area contributed by atoms with Gasteiger partial charge in [0.2, 0.25) is 0 Å². The van der Waals surface area contributed by atoms with Crippen LogP contribution in [-0.2, 0) is 14.3 Å². The highest BCUT2D eigenvalue weighted by Crippen LogP contribution is 2.28. The van der Waals surface area contributed by atoms with Crippen LogP contribution in [-0.4, -0.2) is 62.8 Å². The van der Waals surface area contributed by atoms with Gasteiger partial charge in [0.15, 0.2) is 24.2 Å². The second kappa shape index (κ2) is 11.6. The lowest BCUT2D eigenvalue weighted by Gasteiger charge is -2.36. The standard InChI is InChI=1S/C25H27N3O5/c1-19(25(30)28-15-13-27(14-16-28)21-6-4-3-5-7-21)33-24(29)11-9-20-8-10-22(32-17-12-26)23(18-20)31-2/h3-11,18-19H,13-17H2,1-2H3/b11-9+. The summed E-state index contributed by atoms with van der Waals surface area (Å²) in [5, 5.41) is 8.64. The highest BCUT2D eigenvalue weighted by molar-refractivity contribution is 5.90. The summed E-state index contributed by atoms with van der Waals surface area (Å²) in [6, 6.07) is 17.0. The summed E-state index contributed by atoms with van der Waals surface area (Å²) in [7, 11) is 1.49. The monoisotopic (exact) mass is 449 g/mol. The second-order valence-electron chi connectivity index (χ2n) is 7.42. The van der Waals surface area contributed by atoms with Crippen molar-refractivity contribution in [3.63, 3.8) is 0 Å². The number of carbonyl (C=O) groups is 2. The van der Waals surface area contributed by atoms with Gasteiger partial charge >= 0.3 is 5.97 Å². The molecule has 1 unspecified atom stereocenters. The minimum Gasteiger partial charge on any atom is -0.493 e. The van der Waals surface area contributed by atoms with Crippen LogP contribution < -0.4 is 14.4 Å². The minimum absolute atomic E-state index is 0.0922. The number of carbonyl (C=O) groups excluding carboxylic acids is 2. The Morgan fingerprint density at radius 3 is 2.48 bits per heavy atom. The first-order valence-corrected chi connectivity index (χ1v) is 10.7. The Bertz CT molecular complexity index is 1020. The fourth-order valence-corrected chi connectivity index (χ4v) is 3.53. The molecular formula is C25H27N3O5. The van der Waals surface area contributed by atoms with Gasteiger partial charge in [-0.25, -0.2) is 4.79 Å². The maximum Gasteiger partial charge on any atom is 0.331 e. The number of para-hydroxylation sites is 1. The molecular weight excluding hydrogens is 422 g/mol. The van der Waals surface area contributed by atoms with E-state index >= 15 is 0 Å². The van der Waals surface area contributed by atoms with Crippen LogP contribution >= 0.6 is 0 Å². The molecule has 0 saturated carbocycles. The van der Waals surface area contributed by atoms with E-state index in [0.717, 1.165) is 18.8 Å². The Kier molecular flexibility index (Phi) is 8.30. The molecule has 1 amide bonds. The highest BCUT2D eigenvalue weighted by atomic mass is 16.5. The predicted molar refractivity (Wildman–Crippen MR) is 124 cm³/mol. The third kappa shape index (κ3) is 6.50. The molecule has 2 aromatic carbocycles. The first-order valence-electron chi connectivity index (χ1n) is 10.7. The molecule has 33 heavy (non-hydrogen) atoms. The van der Waals surface area contributed by atoms with Crippen LogP contribution in [0.3, 0.4) is 0 Å². The summed E-state index contributed by atoms with van der Waals surface area (Å²) >= 11 is 0. The van der Waals surface area contributed by atoms with E-state index in [-0.39, 0.29) is 12.5 Å². The summed E-state index contributed by atoms with van der Waals surface area (Å²) < 4.78 is 15.8. The predicted octanol–water partition coefficient (Wildman–Crippen LogP) is 2.89. The highest BCUT2D eigenvalue weighted by Gasteiger charge is 2.26. The number of esters is 1. The van der Waals surface area contributed by atoms with Crippen molar-refractivity contribution in [1.82, 2.24) is 4.90 Å². The molecule has 1 saturated heterocycles. The zero-order valence-corrected chi connectivity index (χ0v) is 18.8. The molecule has 8 nitrogen and oxygen atoms in total. The van der Waals surface area contributed by atoms with E-state index in [0.29, 0.717) is 30.2 Å². The fourth-order valence-electron chi connectivity index (χ4n) is 3.53. The van der Waals surface area contributed by atoms with Gasteiger partial charge in [-0.3, -0.25) is 4.79 Å². The molecule has 0 aromatic heterocycles. The van der Waals surface area contributed by atoms with E-state index in [2.05, 4.69) is 17.0 Å². The maximum absolute atomic E-state index is 12.7. The normalized spacial score (nSPS) is 14.5. The summed E-state index contributed by atoms with van der Waals surface area (Å²) in [6.07, 6.45) is 1.96. The van der Waals surface area contributed by atoms with Gasteiger partial charge in [0, 0.05) is 37.9 Å². The molecule has 1 fully saturated rings. The number of hydrogen-bond donors (Lipinski definition) is 0. The van der Waals surface area contributed by atoms with E-state index < -0.39 is 12.1 Å². The van der Waals surface area contributed by atoms with Gasteiger partial charge in [-0.2, -0.15) is 5.26 Å². The number of anilines is 1. The molecule has 1 aliphatic rings. The summed E-state index contributed by atoms with van der Waals surface area (Å²) in [5.41, 5.74) is 1.82. The van der Waals surface area contributed by atoms with Crippen LogP contribution in [0, 0.1) is 11.3 Å². The Hall–Kier alpha value is -3.99. The van der Waals surface area contributed by atoms with Crippen LogP contribution in [0.25, 0.3) is 6.08 Å². The lowest BCUT2D eigenvalue weighted by Crippen LogP contribution is -2.51. The largest absolute Gasteiger partial charge is 0.493 e. The number of nitrogens with zero attached hydrogens (tertiary/aromatic N) is 3. The quantitative estimate of drug-likeness (QED) is 0.452. The number of ether oxygens (including phenoxy) is 3. The van der Waals surface area contributed by atoms with E-state index in [4.69, 9.17) is 19.5 Å². The van der Waals surface area contributed by atoms with Crippen molar-refractivity contribution in [1.29, 1.82) is 5.26 Å². The van der Waals surface area contributed by atoms with Crippen LogP contribution in [0.15, 0.2) is 54.6 Å². The lowest BCUT2D eigenvalue weighted by molar-refractivity contribution is -0.155. The Balaban J connectivity index is 1.50. The van der Waals surface area contributed by atoms with Gasteiger partial charge in [-0.15, -0.1) is 0 Å². The van der Waals surface area contributed by atoms with Crippen molar-refractivity contribution in [3.8, 4) is 17.6 Å². The van der Waals surface area contributed by atoms with Crippen molar-refractivity contribution in [2.75, 3.05) is 44.8 Å². The van der Waals surface area contributed by atoms with Crippen LogP contribution in [0.1, 0.15) is 12.5 Å². The average molecular weight is 450 g/mol. The number of amides is 1. The van der Waals surface area contributed by atoms with Crippen molar-refractivity contribution in [2.45, 2.75) is 13.0 Å². The molecule has 0 radical (unpaired) electrons. The number of piperazine rings is 1. The second-order valence-corrected chi connectivity index (χ2v) is 7.42. The van der Waals surface area contributed by atoms with Crippen molar-refractivity contribution < 1.29 is 23.8 Å². The van der Waals surface area contributed by atoms with Gasteiger partial charge in [0.1, 0.15) is 6.07 Å². The average Bonchev–Trinajstić information content (AvgIpc) is 2.86. The Morgan fingerprint density at radius 1 is 1.09 bits per heavy atom. The lowest BCUT2D eigenvalue weighted by atomic mass is 10.2. The SMILES string of the molecule is COc1cc(/C=C/C(=O)OC(C)C(=O)N2CCN(c3ccccc3)CC2)ccc1OCC#N. The van der Waals surface area contributed by atoms with Gasteiger partial charge in [-0.1, -0.05) is 24.3 Å². The van der Waals surface area contributed by atoms with E-state index in [9.17, 15) is 9.59 Å². The Morgan fingerprint density at radius 2 is 1.82 bits per heavy atom. The zero-order valence-electron chi connectivity index (χ0n) is 18.8. The third-order valence-electron chi connectivity index (χ3n) is 5.25. The molecule has 172 valence electrons. The van der Waals surface area contributed by atoms with Gasteiger partial charge in [0.25, 0.3) is 5.91 Å². The molecule has 0 N–H and O–H groups in total. The summed E-state index contributed by atoms with van der Waals surface area (Å²) in [6.45, 7) is 4.10. The third-order valence-corrected chi connectivity index (χ3v) is 5.25. The topological polar surface area (TPSA) is 92.1 Å². The molecule has 0 spiro atoms. The molecule has 1 aliphatic heterocycles. The van der Waals surface area contributed by atoms with Crippen molar-refractivity contribution in [3.05, 3.63) is 60.2 Å². The van der Waals surface area contributed by atoms with Crippen molar-refractivity contribution in [2.24, 2.45) is 0 Å². The maximum atomic E-state index is 12.7. The summed E-state index contributed by atoms with van der Waals surface area (Å²) in [4.78, 5) is 28.9. The minimum atomic E-state index is -0.873. The first-order chi connectivity index (χ1) is 16.0. The molecule has 8 heteroatoms. The van der Waals surface area contributed by atoms with Crippen molar-refractivity contribution >= 4 is 23.6 Å². The number of benzene rings is 2. The van der Waals surface area contributed by atoms with Gasteiger partial charge in [-0.05, 0) is 42.8 Å². The van der Waals surface area contributed by atoms with Crippen LogP contribution in [0.4, 0.5) is 5.69 Å². The van der Waals surface area contributed by atoms with Gasteiger partial charge in [0.05, 0.1) is 7.11 Å². The fraction of sp³-hybridized carbons (Fsp3) is 0.320. The number of methoxy groups -OCH3 is 1. The van der Waals surface area contributed by atoms with E-state index in [1.807, 2.05) is 24.3 Å². The van der Waals surface area contributed by atoms with E-state index in [1.54, 1.807) is 36.1 Å². The van der Waals surface area contributed by atoms with Crippen LogP contribution in [0.2, 0.25) is 0 Å². The number of hydrogen-bond acceptors (Lipinski definition) is 7. The van der Waals surface area contributed by atoms with Crippen LogP contribution in [0.5, 0.6) is 11.5 Å². The zero-order chi connectivity index (χ0) is 23.6. The number of rotatable bonds is 8. The molecule has 1 atom stereocenters. The van der Waals surface area contributed by atoms with Gasteiger partial charge < -0.3 is 24.0 Å². The molecule has 2 aromatic rings. The molecule has 1 heterocycles. The molecule has 0 bridgehead atoms. The summed E-state index contributed by atoms with van der Waals surface area (Å²) in [5.74, 6) is 0.0667. The van der Waals surface area contributed by atoms with E-state index in [1.165, 1.54) is 13.2 Å². The smallest absolute Gasteiger partial charge is 0.331 e. The Labute approximate surface area is 193 Å². The molecule has 3 rings (SSSR count). The number of nitriles is 1. The molecule has 0 aliphatic carbocycles.